The summed E-state index contributed by atoms with van der Waals surface area (Å²) in [6.07, 6.45) is 7.48. The quantitative estimate of drug-likeness (QED) is 0.834. The molecule has 126 valence electrons. The Morgan fingerprint density at radius 2 is 1.96 bits per heavy atom. The Bertz CT molecular complexity index is 709. The average molecular weight is 344 g/mol. The van der Waals surface area contributed by atoms with E-state index in [-0.39, 0.29) is 5.91 Å². The smallest absolute Gasteiger partial charge is 0.270 e. The highest BCUT2D eigenvalue weighted by Crippen LogP contribution is 2.26. The maximum Gasteiger partial charge on any atom is 0.270 e. The first-order chi connectivity index (χ1) is 11.6. The minimum atomic E-state index is -0.0904. The van der Waals surface area contributed by atoms with Gasteiger partial charge in [-0.2, -0.15) is 0 Å². The monoisotopic (exact) mass is 343 g/mol. The second kappa shape index (κ2) is 7.67. The Labute approximate surface area is 147 Å². The molecule has 1 saturated carbocycles. The molecule has 1 fully saturated rings. The lowest BCUT2D eigenvalue weighted by atomic mass is 9.95. The van der Waals surface area contributed by atoms with Crippen molar-refractivity contribution in [3.63, 3.8) is 0 Å². The third-order valence-electron chi connectivity index (χ3n) is 4.48. The van der Waals surface area contributed by atoms with Crippen molar-refractivity contribution in [2.75, 3.05) is 5.32 Å². The minimum Gasteiger partial charge on any atom is -0.354 e. The van der Waals surface area contributed by atoms with Gasteiger partial charge in [-0.25, -0.2) is 4.98 Å². The molecule has 1 aromatic heterocycles. The third kappa shape index (κ3) is 4.06. The Balaban J connectivity index is 1.64. The molecule has 0 saturated heterocycles. The normalized spacial score (nSPS) is 15.1. The van der Waals surface area contributed by atoms with E-state index in [1.165, 1.54) is 19.3 Å². The number of benzene rings is 1. The van der Waals surface area contributed by atoms with Crippen molar-refractivity contribution in [1.29, 1.82) is 0 Å². The zero-order valence-corrected chi connectivity index (χ0v) is 14.6. The summed E-state index contributed by atoms with van der Waals surface area (Å²) in [7, 11) is 0. The number of carbonyl (C=O) groups excluding carboxylic acids is 1. The lowest BCUT2D eigenvalue weighted by Gasteiger charge is -2.22. The summed E-state index contributed by atoms with van der Waals surface area (Å²) < 4.78 is 0. The number of hydrogen-bond donors (Lipinski definition) is 2. The summed E-state index contributed by atoms with van der Waals surface area (Å²) in [5.74, 6) is -0.0904. The number of nitrogens with zero attached hydrogens (tertiary/aromatic N) is 1. The van der Waals surface area contributed by atoms with E-state index < -0.39 is 0 Å². The van der Waals surface area contributed by atoms with Crippen LogP contribution in [0.5, 0.6) is 0 Å². The molecule has 2 aromatic rings. The lowest BCUT2D eigenvalue weighted by molar-refractivity contribution is 0.0922. The van der Waals surface area contributed by atoms with Crippen molar-refractivity contribution >= 4 is 28.9 Å². The number of halogens is 1. The first-order valence-corrected chi connectivity index (χ1v) is 8.80. The van der Waals surface area contributed by atoms with Gasteiger partial charge in [-0.05, 0) is 49.6 Å². The van der Waals surface area contributed by atoms with E-state index in [1.807, 2.05) is 31.2 Å². The van der Waals surface area contributed by atoms with E-state index >= 15 is 0 Å². The highest BCUT2D eigenvalue weighted by atomic mass is 35.5. The maximum absolute atomic E-state index is 12.3. The fraction of sp³-hybridized carbons (Fsp3) is 0.368. The van der Waals surface area contributed by atoms with Crippen LogP contribution in [0.4, 0.5) is 11.4 Å². The number of rotatable bonds is 4. The van der Waals surface area contributed by atoms with Gasteiger partial charge < -0.3 is 10.6 Å². The van der Waals surface area contributed by atoms with Crippen LogP contribution in [0.25, 0.3) is 0 Å². The van der Waals surface area contributed by atoms with Crippen molar-refractivity contribution in [2.45, 2.75) is 45.1 Å². The molecule has 0 atom stereocenters. The molecule has 0 spiro atoms. The third-order valence-corrected chi connectivity index (χ3v) is 4.89. The van der Waals surface area contributed by atoms with Gasteiger partial charge in [-0.3, -0.25) is 4.79 Å². The van der Waals surface area contributed by atoms with Gasteiger partial charge in [0.1, 0.15) is 5.69 Å². The predicted octanol–water partition coefficient (Wildman–Crippen LogP) is 4.85. The van der Waals surface area contributed by atoms with Crippen LogP contribution in [0.3, 0.4) is 0 Å². The molecule has 4 nitrogen and oxygen atoms in total. The minimum absolute atomic E-state index is 0.0904. The zero-order valence-electron chi connectivity index (χ0n) is 13.8. The number of nitrogens with one attached hydrogen (secondary N) is 2. The molecule has 0 aliphatic heterocycles. The molecule has 3 rings (SSSR count). The van der Waals surface area contributed by atoms with Crippen LogP contribution in [0.1, 0.15) is 48.2 Å². The molecule has 5 heteroatoms. The van der Waals surface area contributed by atoms with Crippen molar-refractivity contribution in [2.24, 2.45) is 0 Å². The molecule has 0 unspecified atom stereocenters. The number of amides is 1. The van der Waals surface area contributed by atoms with Gasteiger partial charge in [0.2, 0.25) is 0 Å². The van der Waals surface area contributed by atoms with Gasteiger partial charge in [0, 0.05) is 16.8 Å². The van der Waals surface area contributed by atoms with Crippen LogP contribution in [-0.4, -0.2) is 16.9 Å². The van der Waals surface area contributed by atoms with Gasteiger partial charge >= 0.3 is 0 Å². The molecule has 2 N–H and O–H groups in total. The molecule has 1 heterocycles. The first-order valence-electron chi connectivity index (χ1n) is 8.42. The van der Waals surface area contributed by atoms with Crippen LogP contribution in [0.15, 0.2) is 36.5 Å². The average Bonchev–Trinajstić information content (AvgIpc) is 2.60. The van der Waals surface area contributed by atoms with E-state index in [2.05, 4.69) is 15.6 Å². The second-order valence-corrected chi connectivity index (χ2v) is 6.69. The van der Waals surface area contributed by atoms with Crippen LogP contribution in [0.2, 0.25) is 5.02 Å². The Kier molecular flexibility index (Phi) is 5.36. The van der Waals surface area contributed by atoms with Gasteiger partial charge in [-0.1, -0.05) is 36.9 Å². The Hall–Kier alpha value is -2.07. The van der Waals surface area contributed by atoms with Crippen LogP contribution < -0.4 is 10.6 Å². The van der Waals surface area contributed by atoms with Crippen molar-refractivity contribution < 1.29 is 4.79 Å². The summed E-state index contributed by atoms with van der Waals surface area (Å²) in [6, 6.07) is 9.63. The fourth-order valence-electron chi connectivity index (χ4n) is 3.01. The van der Waals surface area contributed by atoms with E-state index in [0.29, 0.717) is 11.7 Å². The lowest BCUT2D eigenvalue weighted by Crippen LogP contribution is -2.36. The van der Waals surface area contributed by atoms with Crippen molar-refractivity contribution in [3.8, 4) is 0 Å². The zero-order chi connectivity index (χ0) is 16.9. The highest BCUT2D eigenvalue weighted by Gasteiger charge is 2.17. The van der Waals surface area contributed by atoms with E-state index in [1.54, 1.807) is 12.3 Å². The number of anilines is 2. The fourth-order valence-corrected chi connectivity index (χ4v) is 3.18. The second-order valence-electron chi connectivity index (χ2n) is 6.28. The summed E-state index contributed by atoms with van der Waals surface area (Å²) in [5, 5.41) is 7.08. The SMILES string of the molecule is Cc1c(Cl)cccc1Nc1ccc(C(=O)NC2CCCCC2)nc1. The summed E-state index contributed by atoms with van der Waals surface area (Å²) >= 11 is 6.13. The predicted molar refractivity (Wildman–Crippen MR) is 98.0 cm³/mol. The Morgan fingerprint density at radius 1 is 1.17 bits per heavy atom. The van der Waals surface area contributed by atoms with Crippen molar-refractivity contribution in [3.05, 3.63) is 52.8 Å². The number of aromatic nitrogens is 1. The largest absolute Gasteiger partial charge is 0.354 e. The standard InChI is InChI=1S/C19H22ClN3O/c1-13-16(20)8-5-9-17(13)22-15-10-11-18(21-12-15)19(24)23-14-6-3-2-4-7-14/h5,8-12,14,22H,2-4,6-7H2,1H3,(H,23,24). The van der Waals surface area contributed by atoms with E-state index in [9.17, 15) is 4.79 Å². The molecular formula is C19H22ClN3O. The summed E-state index contributed by atoms with van der Waals surface area (Å²) in [6.45, 7) is 1.96. The number of hydrogen-bond acceptors (Lipinski definition) is 3. The Morgan fingerprint density at radius 3 is 2.67 bits per heavy atom. The van der Waals surface area contributed by atoms with Gasteiger partial charge in [0.15, 0.2) is 0 Å². The van der Waals surface area contributed by atoms with Crippen molar-refractivity contribution in [1.82, 2.24) is 10.3 Å². The van der Waals surface area contributed by atoms with Crippen LogP contribution in [0, 0.1) is 6.92 Å². The molecule has 1 aliphatic rings. The summed E-state index contributed by atoms with van der Waals surface area (Å²) in [5.41, 5.74) is 3.20. The van der Waals surface area contributed by atoms with E-state index in [4.69, 9.17) is 11.6 Å². The van der Waals surface area contributed by atoms with E-state index in [0.717, 1.165) is 34.8 Å². The van der Waals surface area contributed by atoms with Gasteiger partial charge in [0.05, 0.1) is 11.9 Å². The molecule has 0 bridgehead atoms. The molecular weight excluding hydrogens is 322 g/mol. The molecule has 0 radical (unpaired) electrons. The number of pyridine rings is 1. The molecule has 1 amide bonds. The van der Waals surface area contributed by atoms with Gasteiger partial charge in [0.25, 0.3) is 5.91 Å². The first kappa shape index (κ1) is 16.8. The van der Waals surface area contributed by atoms with Gasteiger partial charge in [-0.15, -0.1) is 0 Å². The summed E-state index contributed by atoms with van der Waals surface area (Å²) in [4.78, 5) is 16.6. The topological polar surface area (TPSA) is 54.0 Å². The molecule has 24 heavy (non-hydrogen) atoms. The number of carbonyl (C=O) groups is 1. The van der Waals surface area contributed by atoms with Crippen LogP contribution in [-0.2, 0) is 0 Å². The van der Waals surface area contributed by atoms with Crippen LogP contribution >= 0.6 is 11.6 Å². The molecule has 1 aliphatic carbocycles. The maximum atomic E-state index is 12.3. The highest BCUT2D eigenvalue weighted by molar-refractivity contribution is 6.31. The molecule has 1 aromatic carbocycles.